The van der Waals surface area contributed by atoms with Gasteiger partial charge in [-0.25, -0.2) is 4.39 Å². The molecule has 0 saturated heterocycles. The quantitative estimate of drug-likeness (QED) is 0.413. The molecule has 2 nitrogen and oxygen atoms in total. The molecule has 0 N–H and O–H groups in total. The molecule has 0 saturated carbocycles. The van der Waals surface area contributed by atoms with Crippen molar-refractivity contribution in [1.82, 2.24) is 0 Å². The van der Waals surface area contributed by atoms with Crippen LogP contribution in [0.15, 0.2) is 73.5 Å². The fourth-order valence-corrected chi connectivity index (χ4v) is 3.57. The highest BCUT2D eigenvalue weighted by Crippen LogP contribution is 2.37. The monoisotopic (exact) mass is 433 g/mol. The molecule has 0 aliphatic carbocycles. The predicted molar refractivity (Wildman–Crippen MR) is 102 cm³/mol. The number of furan rings is 1. The molecule has 124 valence electrons. The SMILES string of the molecule is N#CC(=Cc1cc(Br)c(Sc2ccc(Cl)cc2)o1)c1ccccc1F. The minimum absolute atomic E-state index is 0.197. The van der Waals surface area contributed by atoms with Gasteiger partial charge in [0, 0.05) is 15.5 Å². The highest BCUT2D eigenvalue weighted by atomic mass is 79.9. The number of benzene rings is 2. The van der Waals surface area contributed by atoms with E-state index in [0.29, 0.717) is 15.9 Å². The average Bonchev–Trinajstić information content (AvgIpc) is 2.95. The van der Waals surface area contributed by atoms with Crippen LogP contribution in [-0.4, -0.2) is 0 Å². The van der Waals surface area contributed by atoms with E-state index in [-0.39, 0.29) is 11.1 Å². The minimum Gasteiger partial charge on any atom is -0.449 e. The Balaban J connectivity index is 1.90. The van der Waals surface area contributed by atoms with Gasteiger partial charge in [-0.05, 0) is 58.4 Å². The Hall–Kier alpha value is -2.00. The fourth-order valence-electron chi connectivity index (χ4n) is 2.11. The van der Waals surface area contributed by atoms with Crippen LogP contribution in [-0.2, 0) is 0 Å². The summed E-state index contributed by atoms with van der Waals surface area (Å²) in [6.07, 6.45) is 1.52. The number of nitriles is 1. The van der Waals surface area contributed by atoms with E-state index in [4.69, 9.17) is 16.0 Å². The van der Waals surface area contributed by atoms with E-state index >= 15 is 0 Å². The lowest BCUT2D eigenvalue weighted by Crippen LogP contribution is -1.86. The molecule has 0 fully saturated rings. The highest BCUT2D eigenvalue weighted by molar-refractivity contribution is 9.10. The highest BCUT2D eigenvalue weighted by Gasteiger charge is 2.12. The van der Waals surface area contributed by atoms with Gasteiger partial charge in [-0.2, -0.15) is 5.26 Å². The molecule has 0 aliphatic rings. The van der Waals surface area contributed by atoms with Gasteiger partial charge in [-0.15, -0.1) is 0 Å². The standard InChI is InChI=1S/C19H10BrClFNOS/c20-17-10-14(9-12(11-23)16-3-1-2-4-18(16)22)24-19(17)25-15-7-5-13(21)6-8-15/h1-10H. The third-order valence-electron chi connectivity index (χ3n) is 3.27. The van der Waals surface area contributed by atoms with Gasteiger partial charge in [0.05, 0.1) is 16.1 Å². The van der Waals surface area contributed by atoms with Gasteiger partial charge in [0.1, 0.15) is 11.6 Å². The van der Waals surface area contributed by atoms with Crippen molar-refractivity contribution >= 4 is 50.9 Å². The lowest BCUT2D eigenvalue weighted by atomic mass is 10.1. The topological polar surface area (TPSA) is 36.9 Å². The van der Waals surface area contributed by atoms with E-state index in [0.717, 1.165) is 9.37 Å². The van der Waals surface area contributed by atoms with Crippen molar-refractivity contribution in [2.75, 3.05) is 0 Å². The van der Waals surface area contributed by atoms with Crippen molar-refractivity contribution in [3.63, 3.8) is 0 Å². The second kappa shape index (κ2) is 7.92. The number of hydrogen-bond donors (Lipinski definition) is 0. The molecule has 0 atom stereocenters. The van der Waals surface area contributed by atoms with Crippen molar-refractivity contribution in [1.29, 1.82) is 5.26 Å². The van der Waals surface area contributed by atoms with Gasteiger partial charge in [-0.1, -0.05) is 41.6 Å². The zero-order valence-corrected chi connectivity index (χ0v) is 15.8. The molecule has 3 rings (SSSR count). The summed E-state index contributed by atoms with van der Waals surface area (Å²) >= 11 is 10.7. The number of allylic oxidation sites excluding steroid dienone is 1. The molecule has 25 heavy (non-hydrogen) atoms. The molecule has 0 radical (unpaired) electrons. The lowest BCUT2D eigenvalue weighted by Gasteiger charge is -2.00. The maximum absolute atomic E-state index is 13.9. The second-order valence-corrected chi connectivity index (χ2v) is 7.33. The van der Waals surface area contributed by atoms with Crippen molar-refractivity contribution in [3.8, 4) is 6.07 Å². The van der Waals surface area contributed by atoms with Gasteiger partial charge in [0.15, 0.2) is 5.09 Å². The Morgan fingerprint density at radius 1 is 1.20 bits per heavy atom. The first-order valence-electron chi connectivity index (χ1n) is 7.16. The molecule has 0 unspecified atom stereocenters. The summed E-state index contributed by atoms with van der Waals surface area (Å²) in [6, 6.07) is 17.3. The predicted octanol–water partition coefficient (Wildman–Crippen LogP) is 7.05. The van der Waals surface area contributed by atoms with E-state index in [1.807, 2.05) is 18.2 Å². The first kappa shape index (κ1) is 17.8. The maximum Gasteiger partial charge on any atom is 0.179 e. The van der Waals surface area contributed by atoms with Crippen LogP contribution in [0.4, 0.5) is 4.39 Å². The zero-order valence-electron chi connectivity index (χ0n) is 12.7. The summed E-state index contributed by atoms with van der Waals surface area (Å²) < 4.78 is 20.4. The minimum atomic E-state index is -0.448. The Bertz CT molecular complexity index is 976. The zero-order chi connectivity index (χ0) is 17.8. The molecular weight excluding hydrogens is 425 g/mol. The van der Waals surface area contributed by atoms with Crippen LogP contribution < -0.4 is 0 Å². The lowest BCUT2D eigenvalue weighted by molar-refractivity contribution is 0.463. The largest absolute Gasteiger partial charge is 0.449 e. The van der Waals surface area contributed by atoms with Crippen LogP contribution in [0, 0.1) is 17.1 Å². The summed E-state index contributed by atoms with van der Waals surface area (Å²) in [5.74, 6) is 0.0137. The average molecular weight is 435 g/mol. The fraction of sp³-hybridized carbons (Fsp3) is 0. The Kier molecular flexibility index (Phi) is 5.64. The van der Waals surface area contributed by atoms with Gasteiger partial charge >= 0.3 is 0 Å². The van der Waals surface area contributed by atoms with Crippen LogP contribution in [0.5, 0.6) is 0 Å². The normalized spacial score (nSPS) is 11.4. The molecule has 0 spiro atoms. The van der Waals surface area contributed by atoms with Crippen molar-refractivity contribution in [3.05, 3.63) is 81.2 Å². The van der Waals surface area contributed by atoms with Gasteiger partial charge < -0.3 is 4.42 Å². The van der Waals surface area contributed by atoms with E-state index in [1.165, 1.54) is 23.9 Å². The van der Waals surface area contributed by atoms with Gasteiger partial charge in [-0.3, -0.25) is 0 Å². The Morgan fingerprint density at radius 3 is 2.60 bits per heavy atom. The number of halogens is 3. The molecule has 1 aromatic heterocycles. The van der Waals surface area contributed by atoms with Gasteiger partial charge in [0.2, 0.25) is 0 Å². The number of nitrogens with zero attached hydrogens (tertiary/aromatic N) is 1. The number of hydrogen-bond acceptors (Lipinski definition) is 3. The molecule has 2 aromatic carbocycles. The van der Waals surface area contributed by atoms with E-state index in [2.05, 4.69) is 15.9 Å². The third kappa shape index (κ3) is 4.35. The van der Waals surface area contributed by atoms with Crippen LogP contribution in [0.2, 0.25) is 5.02 Å². The summed E-state index contributed by atoms with van der Waals surface area (Å²) in [6.45, 7) is 0. The molecule has 3 aromatic rings. The molecule has 1 heterocycles. The summed E-state index contributed by atoms with van der Waals surface area (Å²) in [7, 11) is 0. The summed E-state index contributed by atoms with van der Waals surface area (Å²) in [4.78, 5) is 0.963. The molecular formula is C19H10BrClFNOS. The third-order valence-corrected chi connectivity index (χ3v) is 5.37. The Morgan fingerprint density at radius 2 is 1.92 bits per heavy atom. The molecule has 0 amide bonds. The van der Waals surface area contributed by atoms with Crippen LogP contribution in [0.3, 0.4) is 0 Å². The van der Waals surface area contributed by atoms with Crippen molar-refractivity contribution in [2.24, 2.45) is 0 Å². The van der Waals surface area contributed by atoms with Crippen LogP contribution in [0.25, 0.3) is 11.6 Å². The van der Waals surface area contributed by atoms with Crippen molar-refractivity contribution in [2.45, 2.75) is 9.99 Å². The smallest absolute Gasteiger partial charge is 0.179 e. The molecule has 0 bridgehead atoms. The van der Waals surface area contributed by atoms with Crippen molar-refractivity contribution < 1.29 is 8.81 Å². The first-order valence-corrected chi connectivity index (χ1v) is 9.15. The van der Waals surface area contributed by atoms with Gasteiger partial charge in [0.25, 0.3) is 0 Å². The first-order chi connectivity index (χ1) is 12.1. The summed E-state index contributed by atoms with van der Waals surface area (Å²) in [5.41, 5.74) is 0.437. The molecule has 6 heteroatoms. The van der Waals surface area contributed by atoms with Crippen LogP contribution in [0.1, 0.15) is 11.3 Å². The summed E-state index contributed by atoms with van der Waals surface area (Å²) in [5, 5.41) is 10.6. The number of rotatable bonds is 4. The molecule has 0 aliphatic heterocycles. The van der Waals surface area contributed by atoms with Crippen LogP contribution >= 0.6 is 39.3 Å². The second-order valence-electron chi connectivity index (χ2n) is 4.99. The maximum atomic E-state index is 13.9. The van der Waals surface area contributed by atoms with E-state index < -0.39 is 5.82 Å². The van der Waals surface area contributed by atoms with E-state index in [9.17, 15) is 9.65 Å². The van der Waals surface area contributed by atoms with E-state index in [1.54, 1.807) is 36.4 Å². The Labute approximate surface area is 162 Å².